The number of ether oxygens (including phenoxy) is 2. The highest BCUT2D eigenvalue weighted by molar-refractivity contribution is 5.82. The van der Waals surface area contributed by atoms with Crippen molar-refractivity contribution in [1.29, 1.82) is 0 Å². The molecule has 1 N–H and O–H groups in total. The Morgan fingerprint density at radius 1 is 1.32 bits per heavy atom. The van der Waals surface area contributed by atoms with E-state index in [1.807, 2.05) is 0 Å². The molecule has 0 spiro atoms. The first-order valence-corrected chi connectivity index (χ1v) is 6.78. The fraction of sp³-hybridized carbons (Fsp3) is 0.375. The van der Waals surface area contributed by atoms with Crippen LogP contribution in [0.15, 0.2) is 33.5 Å². The largest absolute Gasteiger partial charge is 0.496 e. The number of hydrogen-bond acceptors (Lipinski definition) is 6. The Bertz CT molecular complexity index is 725. The Morgan fingerprint density at radius 3 is 2.59 bits per heavy atom. The maximum atomic E-state index is 11.5. The Hall–Kier alpha value is -2.34. The molecule has 1 aromatic carbocycles. The van der Waals surface area contributed by atoms with E-state index < -0.39 is 17.3 Å². The van der Waals surface area contributed by atoms with Gasteiger partial charge in [0, 0.05) is 23.4 Å². The number of benzene rings is 1. The Morgan fingerprint density at radius 2 is 2.00 bits per heavy atom. The fourth-order valence-electron chi connectivity index (χ4n) is 2.27. The van der Waals surface area contributed by atoms with Crippen molar-refractivity contribution in [1.82, 2.24) is 0 Å². The molecule has 0 amide bonds. The van der Waals surface area contributed by atoms with Gasteiger partial charge < -0.3 is 19.0 Å². The molecule has 0 fully saturated rings. The predicted molar refractivity (Wildman–Crippen MR) is 80.0 cm³/mol. The molecule has 0 aliphatic rings. The molecule has 1 atom stereocenters. The van der Waals surface area contributed by atoms with Crippen molar-refractivity contribution in [3.63, 3.8) is 0 Å². The molecule has 0 radical (unpaired) electrons. The summed E-state index contributed by atoms with van der Waals surface area (Å²) in [5.74, 6) is 0.491. The molecule has 1 heterocycles. The highest BCUT2D eigenvalue weighted by Gasteiger charge is 2.30. The molecule has 22 heavy (non-hydrogen) atoms. The van der Waals surface area contributed by atoms with Gasteiger partial charge in [0.1, 0.15) is 17.4 Å². The zero-order chi connectivity index (χ0) is 16.3. The Kier molecular flexibility index (Phi) is 4.51. The summed E-state index contributed by atoms with van der Waals surface area (Å²) in [5.41, 5.74) is -0.830. The van der Waals surface area contributed by atoms with Gasteiger partial charge in [-0.3, -0.25) is 4.79 Å². The molecule has 0 aliphatic heterocycles. The molecular formula is C16H18O6. The van der Waals surface area contributed by atoms with E-state index in [4.69, 9.17) is 13.9 Å². The third kappa shape index (κ3) is 3.28. The van der Waals surface area contributed by atoms with Crippen molar-refractivity contribution in [2.75, 3.05) is 7.11 Å². The maximum absolute atomic E-state index is 11.5. The molecule has 0 unspecified atom stereocenters. The van der Waals surface area contributed by atoms with Crippen LogP contribution < -0.4 is 10.4 Å². The fourth-order valence-corrected chi connectivity index (χ4v) is 2.27. The number of rotatable bonds is 6. The SMILES string of the molecule is COc1ccc2ccc(=O)oc2c1C[C@H](OC=O)C(C)(C)O. The van der Waals surface area contributed by atoms with Gasteiger partial charge in [-0.1, -0.05) is 0 Å². The van der Waals surface area contributed by atoms with Gasteiger partial charge in [0.2, 0.25) is 0 Å². The van der Waals surface area contributed by atoms with Crippen LogP contribution in [-0.2, 0) is 16.0 Å². The van der Waals surface area contributed by atoms with Crippen LogP contribution in [0, 0.1) is 0 Å². The molecule has 0 saturated heterocycles. The van der Waals surface area contributed by atoms with E-state index >= 15 is 0 Å². The summed E-state index contributed by atoms with van der Waals surface area (Å²) in [6.07, 6.45) is -0.662. The molecule has 2 aromatic rings. The van der Waals surface area contributed by atoms with Crippen LogP contribution in [0.3, 0.4) is 0 Å². The molecule has 0 aliphatic carbocycles. The standard InChI is InChI=1S/C16H18O6/c1-16(2,19)13(21-9-17)8-11-12(20-3)6-4-10-5-7-14(18)22-15(10)11/h4-7,9,13,19H,8H2,1-3H3/t13-/m0/s1. The van der Waals surface area contributed by atoms with Crippen LogP contribution in [-0.4, -0.2) is 30.4 Å². The third-order valence-corrected chi connectivity index (χ3v) is 3.47. The lowest BCUT2D eigenvalue weighted by molar-refractivity contribution is -0.146. The summed E-state index contributed by atoms with van der Waals surface area (Å²) in [6, 6.07) is 6.47. The van der Waals surface area contributed by atoms with Crippen molar-refractivity contribution in [3.05, 3.63) is 40.2 Å². The van der Waals surface area contributed by atoms with Crippen LogP contribution in [0.25, 0.3) is 11.0 Å². The quantitative estimate of drug-likeness (QED) is 0.645. The summed E-state index contributed by atoms with van der Waals surface area (Å²) < 4.78 is 15.5. The lowest BCUT2D eigenvalue weighted by atomic mass is 9.93. The number of methoxy groups -OCH3 is 1. The van der Waals surface area contributed by atoms with Crippen molar-refractivity contribution < 1.29 is 23.8 Å². The zero-order valence-corrected chi connectivity index (χ0v) is 12.7. The van der Waals surface area contributed by atoms with Crippen molar-refractivity contribution >= 4 is 17.4 Å². The van der Waals surface area contributed by atoms with Crippen LogP contribution in [0.4, 0.5) is 0 Å². The highest BCUT2D eigenvalue weighted by Crippen LogP contribution is 2.30. The first kappa shape index (κ1) is 16.0. The van der Waals surface area contributed by atoms with E-state index in [1.54, 1.807) is 18.2 Å². The number of fused-ring (bicyclic) bond motifs is 1. The van der Waals surface area contributed by atoms with Crippen molar-refractivity contribution in [2.45, 2.75) is 32.0 Å². The van der Waals surface area contributed by atoms with Gasteiger partial charge in [0.25, 0.3) is 6.47 Å². The molecule has 0 saturated carbocycles. The van der Waals surface area contributed by atoms with Crippen molar-refractivity contribution in [3.8, 4) is 5.75 Å². The van der Waals surface area contributed by atoms with E-state index in [1.165, 1.54) is 27.0 Å². The molecule has 1 aromatic heterocycles. The maximum Gasteiger partial charge on any atom is 0.336 e. The average molecular weight is 306 g/mol. The second-order valence-electron chi connectivity index (χ2n) is 5.50. The molecule has 0 bridgehead atoms. The number of carbonyl (C=O) groups is 1. The van der Waals surface area contributed by atoms with Crippen LogP contribution in [0.2, 0.25) is 0 Å². The van der Waals surface area contributed by atoms with Gasteiger partial charge in [-0.05, 0) is 32.0 Å². The smallest absolute Gasteiger partial charge is 0.336 e. The second kappa shape index (κ2) is 6.19. The van der Waals surface area contributed by atoms with Gasteiger partial charge in [-0.25, -0.2) is 4.79 Å². The monoisotopic (exact) mass is 306 g/mol. The Balaban J connectivity index is 2.58. The minimum atomic E-state index is -1.26. The summed E-state index contributed by atoms with van der Waals surface area (Å²) in [7, 11) is 1.49. The summed E-state index contributed by atoms with van der Waals surface area (Å²) in [5, 5.41) is 10.9. The topological polar surface area (TPSA) is 86.0 Å². The van der Waals surface area contributed by atoms with E-state index in [-0.39, 0.29) is 12.9 Å². The first-order chi connectivity index (χ1) is 10.4. The van der Waals surface area contributed by atoms with E-state index in [9.17, 15) is 14.7 Å². The van der Waals surface area contributed by atoms with E-state index in [2.05, 4.69) is 0 Å². The number of hydrogen-bond donors (Lipinski definition) is 1. The van der Waals surface area contributed by atoms with Gasteiger partial charge in [0.05, 0.1) is 12.7 Å². The molecule has 2 rings (SSSR count). The number of carbonyl (C=O) groups excluding carboxylic acids is 1. The summed E-state index contributed by atoms with van der Waals surface area (Å²) in [4.78, 5) is 22.2. The highest BCUT2D eigenvalue weighted by atomic mass is 16.5. The lowest BCUT2D eigenvalue weighted by Crippen LogP contribution is -2.39. The van der Waals surface area contributed by atoms with Gasteiger partial charge in [-0.2, -0.15) is 0 Å². The molecule has 6 nitrogen and oxygen atoms in total. The average Bonchev–Trinajstić information content (AvgIpc) is 2.46. The lowest BCUT2D eigenvalue weighted by Gasteiger charge is -2.28. The summed E-state index contributed by atoms with van der Waals surface area (Å²) >= 11 is 0. The number of aliphatic hydroxyl groups is 1. The van der Waals surface area contributed by atoms with Gasteiger partial charge in [0.15, 0.2) is 0 Å². The molecular weight excluding hydrogens is 288 g/mol. The first-order valence-electron chi connectivity index (χ1n) is 6.78. The Labute approximate surface area is 127 Å². The zero-order valence-electron chi connectivity index (χ0n) is 12.7. The third-order valence-electron chi connectivity index (χ3n) is 3.47. The van der Waals surface area contributed by atoms with Crippen LogP contribution >= 0.6 is 0 Å². The van der Waals surface area contributed by atoms with Crippen LogP contribution in [0.5, 0.6) is 5.75 Å². The molecule has 118 valence electrons. The summed E-state index contributed by atoms with van der Waals surface area (Å²) in [6.45, 7) is 3.36. The molecule has 6 heteroatoms. The van der Waals surface area contributed by atoms with Crippen LogP contribution in [0.1, 0.15) is 19.4 Å². The van der Waals surface area contributed by atoms with Gasteiger partial charge >= 0.3 is 5.63 Å². The minimum absolute atomic E-state index is 0.149. The van der Waals surface area contributed by atoms with Gasteiger partial charge in [-0.15, -0.1) is 0 Å². The van der Waals surface area contributed by atoms with E-state index in [0.29, 0.717) is 16.9 Å². The van der Waals surface area contributed by atoms with E-state index in [0.717, 1.165) is 5.39 Å². The minimum Gasteiger partial charge on any atom is -0.496 e. The van der Waals surface area contributed by atoms with Crippen molar-refractivity contribution in [2.24, 2.45) is 0 Å². The predicted octanol–water partition coefficient (Wildman–Crippen LogP) is 1.66. The normalized spacial score (nSPS) is 12.9. The second-order valence-corrected chi connectivity index (χ2v) is 5.50.